The molecule has 2 N–H and O–H groups in total. The number of hydrogen-bond donors (Lipinski definition) is 2. The molecule has 3 aromatic carbocycles. The van der Waals surface area contributed by atoms with E-state index in [1.807, 2.05) is 55.1 Å². The van der Waals surface area contributed by atoms with Gasteiger partial charge in [-0.25, -0.2) is 13.9 Å². The minimum atomic E-state index is -4.11. The van der Waals surface area contributed by atoms with E-state index in [1.54, 1.807) is 30.6 Å². The van der Waals surface area contributed by atoms with E-state index < -0.39 is 15.9 Å². The number of amides is 1. The molecule has 3 aromatic rings. The largest absolute Gasteiger partial charge is 0.497 e. The van der Waals surface area contributed by atoms with Crippen molar-refractivity contribution in [3.8, 4) is 5.75 Å². The summed E-state index contributed by atoms with van der Waals surface area (Å²) in [6, 6.07) is 18.7. The number of carbonyl (C=O) groups is 1. The lowest BCUT2D eigenvalue weighted by atomic mass is 10.0. The Morgan fingerprint density at radius 1 is 1.00 bits per heavy atom. The minimum Gasteiger partial charge on any atom is -0.497 e. The summed E-state index contributed by atoms with van der Waals surface area (Å²) < 4.78 is 34.3. The van der Waals surface area contributed by atoms with E-state index in [0.29, 0.717) is 24.4 Å². The third-order valence-corrected chi connectivity index (χ3v) is 7.59. The highest BCUT2D eigenvalue weighted by molar-refractivity contribution is 7.92. The molecule has 0 fully saturated rings. The Balaban J connectivity index is 2.27. The summed E-state index contributed by atoms with van der Waals surface area (Å²) in [6.07, 6.45) is 0. The summed E-state index contributed by atoms with van der Waals surface area (Å²) in [5.41, 5.74) is 4.03. The lowest BCUT2D eigenvalue weighted by Crippen LogP contribution is -2.34. The summed E-state index contributed by atoms with van der Waals surface area (Å²) in [5.74, 6) is -0.265. The quantitative estimate of drug-likeness (QED) is 0.319. The Bertz CT molecular complexity index is 1260. The minimum absolute atomic E-state index is 0.00757. The van der Waals surface area contributed by atoms with Gasteiger partial charge in [0.05, 0.1) is 29.8 Å². The Labute approximate surface area is 206 Å². The van der Waals surface area contributed by atoms with Crippen LogP contribution in [0, 0.1) is 6.92 Å². The van der Waals surface area contributed by atoms with Crippen LogP contribution < -0.4 is 19.4 Å². The molecule has 0 aliphatic carbocycles. The first kappa shape index (κ1) is 26.1. The van der Waals surface area contributed by atoms with Crippen molar-refractivity contribution in [1.29, 1.82) is 0 Å². The second-order valence-corrected chi connectivity index (χ2v) is 9.81. The maximum atomic E-state index is 14.0. The van der Waals surface area contributed by atoms with Gasteiger partial charge in [-0.15, -0.1) is 0 Å². The van der Waals surface area contributed by atoms with Gasteiger partial charge in [0.25, 0.3) is 15.9 Å². The SMILES string of the molecule is CCN(CC)c1cc(C)c(N(Cc2ccccc2)S(=O)(=O)c2ccc(OC)cc2)c(C(=O)NO)c1. The standard InChI is InChI=1S/C26H31N3O5S/c1-5-28(6-2)21-16-19(3)25(24(17-21)26(30)27-31)29(18-20-10-8-7-9-11-20)35(32,33)23-14-12-22(34-4)13-15-23/h7-17,31H,5-6,18H2,1-4H3,(H,27,30). The van der Waals surface area contributed by atoms with Gasteiger partial charge in [-0.05, 0) is 68.3 Å². The molecule has 0 atom stereocenters. The van der Waals surface area contributed by atoms with Crippen molar-refractivity contribution in [2.45, 2.75) is 32.2 Å². The Kier molecular flexibility index (Phi) is 8.37. The number of anilines is 2. The number of nitrogens with zero attached hydrogens (tertiary/aromatic N) is 2. The van der Waals surface area contributed by atoms with Crippen molar-refractivity contribution >= 4 is 27.3 Å². The van der Waals surface area contributed by atoms with Crippen LogP contribution in [-0.2, 0) is 16.6 Å². The topological polar surface area (TPSA) is 99.2 Å². The smallest absolute Gasteiger partial charge is 0.276 e. The number of methoxy groups -OCH3 is 1. The molecule has 0 radical (unpaired) electrons. The van der Waals surface area contributed by atoms with E-state index in [4.69, 9.17) is 4.74 Å². The number of carbonyl (C=O) groups excluding carboxylic acids is 1. The molecule has 0 aliphatic heterocycles. The number of hydroxylamine groups is 1. The number of sulfonamides is 1. The fraction of sp³-hybridized carbons (Fsp3) is 0.269. The predicted octanol–water partition coefficient (Wildman–Crippen LogP) is 4.36. The molecule has 8 nitrogen and oxygen atoms in total. The molecular formula is C26H31N3O5S. The van der Waals surface area contributed by atoms with E-state index >= 15 is 0 Å². The molecule has 0 spiro atoms. The van der Waals surface area contributed by atoms with Crippen LogP contribution in [0.4, 0.5) is 11.4 Å². The first-order valence-electron chi connectivity index (χ1n) is 11.3. The zero-order valence-corrected chi connectivity index (χ0v) is 21.2. The van der Waals surface area contributed by atoms with Gasteiger partial charge in [0.2, 0.25) is 0 Å². The molecule has 0 heterocycles. The predicted molar refractivity (Wildman–Crippen MR) is 137 cm³/mol. The second kappa shape index (κ2) is 11.2. The van der Waals surface area contributed by atoms with Crippen molar-refractivity contribution in [1.82, 2.24) is 5.48 Å². The third kappa shape index (κ3) is 5.58. The van der Waals surface area contributed by atoms with Crippen molar-refractivity contribution in [2.75, 3.05) is 29.4 Å². The lowest BCUT2D eigenvalue weighted by molar-refractivity contribution is 0.0707. The van der Waals surface area contributed by atoms with E-state index in [0.717, 1.165) is 11.3 Å². The summed E-state index contributed by atoms with van der Waals surface area (Å²) in [6.45, 7) is 7.15. The molecule has 0 aromatic heterocycles. The van der Waals surface area contributed by atoms with Gasteiger partial charge in [-0.3, -0.25) is 14.3 Å². The molecule has 186 valence electrons. The zero-order chi connectivity index (χ0) is 25.6. The Morgan fingerprint density at radius 3 is 2.17 bits per heavy atom. The van der Waals surface area contributed by atoms with Gasteiger partial charge >= 0.3 is 0 Å². The average molecular weight is 498 g/mol. The number of aryl methyl sites for hydroxylation is 1. The number of hydrogen-bond acceptors (Lipinski definition) is 6. The van der Waals surface area contributed by atoms with Crippen LogP contribution in [0.3, 0.4) is 0 Å². The molecule has 0 saturated carbocycles. The van der Waals surface area contributed by atoms with Crippen LogP contribution in [0.2, 0.25) is 0 Å². The fourth-order valence-electron chi connectivity index (χ4n) is 4.00. The first-order chi connectivity index (χ1) is 16.8. The molecule has 0 aliphatic rings. The zero-order valence-electron chi connectivity index (χ0n) is 20.4. The summed E-state index contributed by atoms with van der Waals surface area (Å²) >= 11 is 0. The van der Waals surface area contributed by atoms with E-state index in [-0.39, 0.29) is 22.7 Å². The fourth-order valence-corrected chi connectivity index (χ4v) is 5.54. The summed E-state index contributed by atoms with van der Waals surface area (Å²) in [4.78, 5) is 14.9. The molecule has 0 bridgehead atoms. The maximum absolute atomic E-state index is 14.0. The van der Waals surface area contributed by atoms with Crippen molar-refractivity contribution < 1.29 is 23.2 Å². The molecule has 0 saturated heterocycles. The van der Waals surface area contributed by atoms with Crippen molar-refractivity contribution in [3.63, 3.8) is 0 Å². The highest BCUT2D eigenvalue weighted by Crippen LogP contribution is 2.36. The number of benzene rings is 3. The molecule has 0 unspecified atom stereocenters. The van der Waals surface area contributed by atoms with Crippen molar-refractivity contribution in [3.05, 3.63) is 83.4 Å². The van der Waals surface area contributed by atoms with Gasteiger partial charge in [0.15, 0.2) is 0 Å². The van der Waals surface area contributed by atoms with Crippen LogP contribution in [-0.4, -0.2) is 39.7 Å². The number of rotatable bonds is 10. The second-order valence-electron chi connectivity index (χ2n) is 7.94. The first-order valence-corrected chi connectivity index (χ1v) is 12.8. The third-order valence-electron chi connectivity index (χ3n) is 5.83. The van der Waals surface area contributed by atoms with E-state index in [1.165, 1.54) is 23.5 Å². The van der Waals surface area contributed by atoms with Crippen LogP contribution in [0.1, 0.15) is 35.3 Å². The van der Waals surface area contributed by atoms with Gasteiger partial charge in [-0.2, -0.15) is 0 Å². The summed E-state index contributed by atoms with van der Waals surface area (Å²) in [7, 11) is -2.60. The van der Waals surface area contributed by atoms with Crippen LogP contribution in [0.5, 0.6) is 5.75 Å². The van der Waals surface area contributed by atoms with Crippen LogP contribution in [0.25, 0.3) is 0 Å². The van der Waals surface area contributed by atoms with Gasteiger partial charge < -0.3 is 9.64 Å². The maximum Gasteiger partial charge on any atom is 0.276 e. The monoisotopic (exact) mass is 497 g/mol. The molecule has 35 heavy (non-hydrogen) atoms. The van der Waals surface area contributed by atoms with Gasteiger partial charge in [-0.1, -0.05) is 30.3 Å². The van der Waals surface area contributed by atoms with E-state index in [9.17, 15) is 18.4 Å². The number of ether oxygens (including phenoxy) is 1. The van der Waals surface area contributed by atoms with Crippen LogP contribution in [0.15, 0.2) is 71.6 Å². The molecule has 3 rings (SSSR count). The highest BCUT2D eigenvalue weighted by Gasteiger charge is 2.31. The average Bonchev–Trinajstić information content (AvgIpc) is 2.88. The molecular weight excluding hydrogens is 466 g/mol. The lowest BCUT2D eigenvalue weighted by Gasteiger charge is -2.30. The Morgan fingerprint density at radius 2 is 1.63 bits per heavy atom. The van der Waals surface area contributed by atoms with Crippen LogP contribution >= 0.6 is 0 Å². The van der Waals surface area contributed by atoms with Gasteiger partial charge in [0, 0.05) is 18.8 Å². The Hall–Kier alpha value is -3.56. The molecule has 9 heteroatoms. The molecule has 1 amide bonds. The van der Waals surface area contributed by atoms with E-state index in [2.05, 4.69) is 0 Å². The van der Waals surface area contributed by atoms with Crippen molar-refractivity contribution in [2.24, 2.45) is 0 Å². The normalized spacial score (nSPS) is 11.1. The number of nitrogens with one attached hydrogen (secondary N) is 1. The highest BCUT2D eigenvalue weighted by atomic mass is 32.2. The van der Waals surface area contributed by atoms with Gasteiger partial charge in [0.1, 0.15) is 5.75 Å². The summed E-state index contributed by atoms with van der Waals surface area (Å²) in [5, 5.41) is 9.50.